The molecule has 3 fully saturated rings. The van der Waals surface area contributed by atoms with Crippen molar-refractivity contribution in [1.82, 2.24) is 24.8 Å². The van der Waals surface area contributed by atoms with E-state index in [1.165, 1.54) is 13.2 Å². The van der Waals surface area contributed by atoms with E-state index in [-0.39, 0.29) is 18.3 Å². The fourth-order valence-corrected chi connectivity index (χ4v) is 10.3. The van der Waals surface area contributed by atoms with E-state index in [4.69, 9.17) is 19.2 Å². The number of hydrogen-bond donors (Lipinski definition) is 3. The van der Waals surface area contributed by atoms with Gasteiger partial charge < -0.3 is 29.5 Å². The number of nitrogens with zero attached hydrogens (tertiary/aromatic N) is 3. The highest BCUT2D eigenvalue weighted by atomic mass is 32.2. The van der Waals surface area contributed by atoms with Crippen LogP contribution in [0.4, 0.5) is 13.6 Å². The molecule has 346 valence electrons. The van der Waals surface area contributed by atoms with E-state index >= 15 is 13.6 Å². The summed E-state index contributed by atoms with van der Waals surface area (Å²) in [7, 11) is -2.64. The summed E-state index contributed by atoms with van der Waals surface area (Å²) in [6.07, 6.45) is 4.59. The van der Waals surface area contributed by atoms with Crippen molar-refractivity contribution in [3.05, 3.63) is 60.7 Å². The Morgan fingerprint density at radius 3 is 2.33 bits per heavy atom. The van der Waals surface area contributed by atoms with Crippen LogP contribution in [0.2, 0.25) is 0 Å². The molecule has 0 spiro atoms. The number of sulfonamides is 1. The lowest BCUT2D eigenvalue weighted by atomic mass is 9.91. The van der Waals surface area contributed by atoms with Gasteiger partial charge in [-0.25, -0.2) is 18.2 Å². The number of hydrogen-bond acceptors (Lipinski definition) is 10. The van der Waals surface area contributed by atoms with Gasteiger partial charge in [-0.3, -0.25) is 24.0 Å². The number of aromatic nitrogens is 1. The predicted molar refractivity (Wildman–Crippen MR) is 234 cm³/mol. The molecule has 2 saturated carbocycles. The predicted octanol–water partition coefficient (Wildman–Crippen LogP) is 6.69. The molecular weight excluding hydrogens is 853 g/mol. The molecule has 1 aromatic heterocycles. The number of methoxy groups -OCH3 is 1. The van der Waals surface area contributed by atoms with E-state index in [0.29, 0.717) is 77.1 Å². The highest BCUT2D eigenvalue weighted by Gasteiger charge is 2.72. The van der Waals surface area contributed by atoms with Crippen LogP contribution in [-0.4, -0.2) is 112 Å². The number of alkyl halides is 2. The zero-order valence-electron chi connectivity index (χ0n) is 37.1. The van der Waals surface area contributed by atoms with Crippen LogP contribution < -0.4 is 24.2 Å². The van der Waals surface area contributed by atoms with Crippen molar-refractivity contribution in [2.75, 3.05) is 13.7 Å². The molecule has 0 bridgehead atoms. The molecule has 2 aromatic carbocycles. The SMILES string of the molecule is COc1ccc2c(O[C@]3(C)CN4C(=O)[C@@H](N(C(=O)O)C(C)C)[C@H](C)CCCC/C=C\[C@@H]5C[C@@]5(C(=O)NS(=O)(=O)C5CC5)NC(=O)[C@H]4C3(F)F)cc(-c3ccc(OC(C)C)cc3)nc2c1. The first-order chi connectivity index (χ1) is 30.1. The number of pyridine rings is 1. The number of amides is 4. The quantitative estimate of drug-likeness (QED) is 0.174. The molecule has 6 atom stereocenters. The first-order valence-corrected chi connectivity index (χ1v) is 23.4. The van der Waals surface area contributed by atoms with Gasteiger partial charge in [0, 0.05) is 35.0 Å². The second kappa shape index (κ2) is 17.5. The average Bonchev–Trinajstić information content (AvgIpc) is 4.16. The molecule has 3 aromatic rings. The van der Waals surface area contributed by atoms with Gasteiger partial charge >= 0.3 is 12.0 Å². The molecule has 3 heterocycles. The van der Waals surface area contributed by atoms with Crippen molar-refractivity contribution in [3.63, 3.8) is 0 Å². The van der Waals surface area contributed by atoms with Gasteiger partial charge in [0.1, 0.15) is 28.8 Å². The van der Waals surface area contributed by atoms with Crippen LogP contribution in [0.1, 0.15) is 86.5 Å². The van der Waals surface area contributed by atoms with Crippen LogP contribution >= 0.6 is 0 Å². The van der Waals surface area contributed by atoms with Gasteiger partial charge in [0.25, 0.3) is 5.91 Å². The van der Waals surface area contributed by atoms with E-state index in [2.05, 4.69) is 10.0 Å². The third-order valence-corrected chi connectivity index (χ3v) is 14.5. The zero-order valence-corrected chi connectivity index (χ0v) is 37.9. The molecule has 1 saturated heterocycles. The van der Waals surface area contributed by atoms with Gasteiger partial charge in [-0.2, -0.15) is 8.78 Å². The first-order valence-electron chi connectivity index (χ1n) is 21.8. The van der Waals surface area contributed by atoms with Crippen molar-refractivity contribution < 1.29 is 55.7 Å². The van der Waals surface area contributed by atoms with E-state index in [0.717, 1.165) is 11.8 Å². The van der Waals surface area contributed by atoms with Gasteiger partial charge in [0.15, 0.2) is 11.6 Å². The van der Waals surface area contributed by atoms with Crippen molar-refractivity contribution in [2.24, 2.45) is 11.8 Å². The van der Waals surface area contributed by atoms with Crippen LogP contribution in [0.5, 0.6) is 17.2 Å². The maximum Gasteiger partial charge on any atom is 0.408 e. The van der Waals surface area contributed by atoms with Crippen molar-refractivity contribution in [2.45, 2.75) is 133 Å². The van der Waals surface area contributed by atoms with Crippen molar-refractivity contribution in [3.8, 4) is 28.5 Å². The third-order valence-electron chi connectivity index (χ3n) is 12.7. The van der Waals surface area contributed by atoms with Gasteiger partial charge in [0.2, 0.25) is 21.8 Å². The number of ether oxygens (including phenoxy) is 3. The van der Waals surface area contributed by atoms with Crippen molar-refractivity contribution >= 4 is 44.7 Å². The number of rotatable bonds is 11. The maximum atomic E-state index is 17.9. The lowest BCUT2D eigenvalue weighted by Gasteiger charge is -2.39. The molecule has 18 heteroatoms. The number of carboxylic acid groups (broad SMARTS) is 1. The molecule has 15 nitrogen and oxygen atoms in total. The summed E-state index contributed by atoms with van der Waals surface area (Å²) >= 11 is 0. The summed E-state index contributed by atoms with van der Waals surface area (Å²) in [4.78, 5) is 63.2. The monoisotopic (exact) mass is 909 g/mol. The average molecular weight is 910 g/mol. The standard InChI is InChI=1S/C46H57F2N5O10S/c1-26(2)53(43(57)58)38-28(5)12-10-8-9-11-13-30-24-45(30,42(56)51-64(59,60)33-19-20-33)50-40(54)39-46(47,48)44(6,25-52(39)41(38)55)63-37-23-35(29-14-16-31(17-15-29)62-27(3)4)49-36-22-32(61-7)18-21-34(36)37/h11,13-18,21-23,26-28,30,33,38-39H,8-10,12,19-20,24-25H2,1-7H3,(H,50,54)(H,51,56)(H,57,58)/b13-11-/t28-,30-,38+,39+,44-,45-/m1/s1. The topological polar surface area (TPSA) is 194 Å². The highest BCUT2D eigenvalue weighted by Crippen LogP contribution is 2.50. The van der Waals surface area contributed by atoms with E-state index < -0.39 is 92.7 Å². The number of nitrogens with one attached hydrogen (secondary N) is 2. The maximum absolute atomic E-state index is 17.9. The normalized spacial score (nSPS) is 27.7. The Labute approximate surface area is 371 Å². The van der Waals surface area contributed by atoms with E-state index in [9.17, 15) is 27.9 Å². The molecule has 2 aliphatic carbocycles. The molecule has 4 aliphatic rings. The number of allylic oxidation sites excluding steroid dienone is 1. The Bertz CT molecular complexity index is 2450. The molecule has 64 heavy (non-hydrogen) atoms. The fraction of sp³-hybridized carbons (Fsp3) is 0.543. The van der Waals surface area contributed by atoms with Gasteiger partial charge in [0.05, 0.1) is 36.2 Å². The summed E-state index contributed by atoms with van der Waals surface area (Å²) in [5, 5.41) is 12.5. The number of benzene rings is 2. The van der Waals surface area contributed by atoms with E-state index in [1.54, 1.807) is 75.4 Å². The Kier molecular flexibility index (Phi) is 12.7. The Morgan fingerprint density at radius 1 is 1.02 bits per heavy atom. The van der Waals surface area contributed by atoms with Gasteiger partial charge in [-0.05, 0) is 115 Å². The Balaban J connectivity index is 1.34. The molecular formula is C46H57F2N5O10S. The number of halogens is 2. The molecule has 2 aliphatic heterocycles. The summed E-state index contributed by atoms with van der Waals surface area (Å²) in [6, 6.07) is 8.42. The minimum absolute atomic E-state index is 0.0595. The molecule has 0 unspecified atom stereocenters. The third kappa shape index (κ3) is 8.94. The first kappa shape index (κ1) is 46.5. The number of carbonyl (C=O) groups is 4. The van der Waals surface area contributed by atoms with Crippen LogP contribution in [0.25, 0.3) is 22.2 Å². The summed E-state index contributed by atoms with van der Waals surface area (Å²) in [6.45, 7) is 8.80. The highest BCUT2D eigenvalue weighted by molar-refractivity contribution is 7.91. The van der Waals surface area contributed by atoms with Crippen LogP contribution in [0.15, 0.2) is 60.7 Å². The lowest BCUT2D eigenvalue weighted by Crippen LogP contribution is -2.63. The van der Waals surface area contributed by atoms with E-state index in [1.807, 2.05) is 13.8 Å². The minimum Gasteiger partial charge on any atom is -0.497 e. The number of fused-ring (bicyclic) bond motifs is 3. The van der Waals surface area contributed by atoms with Gasteiger partial charge in [-0.15, -0.1) is 0 Å². The smallest absolute Gasteiger partial charge is 0.408 e. The molecule has 3 N–H and O–H groups in total. The molecule has 4 amide bonds. The Morgan fingerprint density at radius 2 is 1.70 bits per heavy atom. The fourth-order valence-electron chi connectivity index (χ4n) is 8.94. The Hall–Kier alpha value is -5.52. The second-order valence-electron chi connectivity index (χ2n) is 18.3. The minimum atomic E-state index is -4.23. The lowest BCUT2D eigenvalue weighted by molar-refractivity contribution is -0.163. The van der Waals surface area contributed by atoms with Crippen LogP contribution in [-0.2, 0) is 24.4 Å². The van der Waals surface area contributed by atoms with Crippen LogP contribution in [0.3, 0.4) is 0 Å². The summed E-state index contributed by atoms with van der Waals surface area (Å²) < 4.78 is 81.5. The molecule has 0 radical (unpaired) electrons. The summed E-state index contributed by atoms with van der Waals surface area (Å²) in [5.41, 5.74) is -3.33. The number of carbonyl (C=O) groups excluding carboxylic acids is 3. The van der Waals surface area contributed by atoms with Crippen LogP contribution in [0, 0.1) is 11.8 Å². The van der Waals surface area contributed by atoms with Crippen molar-refractivity contribution in [1.29, 1.82) is 0 Å². The zero-order chi connectivity index (χ0) is 46.5. The molecule has 7 rings (SSSR count). The second-order valence-corrected chi connectivity index (χ2v) is 20.2. The largest absolute Gasteiger partial charge is 0.497 e. The summed E-state index contributed by atoms with van der Waals surface area (Å²) in [5.74, 6) is -8.21. The van der Waals surface area contributed by atoms with Gasteiger partial charge in [-0.1, -0.05) is 25.5 Å².